The quantitative estimate of drug-likeness (QED) is 0.697. The summed E-state index contributed by atoms with van der Waals surface area (Å²) < 4.78 is 5.63. The fourth-order valence-electron chi connectivity index (χ4n) is 3.60. The number of para-hydroxylation sites is 3. The maximum Gasteiger partial charge on any atom is 0.260 e. The van der Waals surface area contributed by atoms with Gasteiger partial charge in [0, 0.05) is 17.9 Å². The predicted molar refractivity (Wildman–Crippen MR) is 112 cm³/mol. The summed E-state index contributed by atoms with van der Waals surface area (Å²) in [5.41, 5.74) is 3.63. The molecule has 0 saturated heterocycles. The molecule has 1 aliphatic heterocycles. The number of rotatable bonds is 5. The molecule has 1 N–H and O–H groups in total. The maximum atomic E-state index is 13.1. The molecule has 0 fully saturated rings. The van der Waals surface area contributed by atoms with Gasteiger partial charge in [0.25, 0.3) is 5.91 Å². The number of ether oxygens (including phenoxy) is 1. The van der Waals surface area contributed by atoms with Crippen molar-refractivity contribution in [2.45, 2.75) is 26.3 Å². The van der Waals surface area contributed by atoms with Gasteiger partial charge in [0.1, 0.15) is 11.6 Å². The molecule has 1 aromatic heterocycles. The zero-order valence-corrected chi connectivity index (χ0v) is 16.1. The van der Waals surface area contributed by atoms with Crippen molar-refractivity contribution in [3.05, 3.63) is 78.0 Å². The number of anilines is 3. The number of nitrogens with zero attached hydrogens (tertiary/aromatic N) is 2. The van der Waals surface area contributed by atoms with Crippen molar-refractivity contribution in [1.82, 2.24) is 4.98 Å². The molecule has 0 saturated carbocycles. The number of benzene rings is 2. The van der Waals surface area contributed by atoms with Crippen molar-refractivity contribution >= 4 is 23.1 Å². The molecular weight excluding hydrogens is 350 g/mol. The lowest BCUT2D eigenvalue weighted by Crippen LogP contribution is -2.35. The van der Waals surface area contributed by atoms with Gasteiger partial charge in [0.2, 0.25) is 0 Å². The largest absolute Gasteiger partial charge is 0.492 e. The first-order chi connectivity index (χ1) is 13.7. The van der Waals surface area contributed by atoms with Crippen LogP contribution >= 0.6 is 0 Å². The summed E-state index contributed by atoms with van der Waals surface area (Å²) in [5, 5.41) is 3.26. The number of pyridine rings is 1. The number of carbonyl (C=O) groups is 1. The van der Waals surface area contributed by atoms with E-state index in [-0.39, 0.29) is 11.9 Å². The summed E-state index contributed by atoms with van der Waals surface area (Å²) in [6.45, 7) is 4.62. The molecule has 2 heterocycles. The Morgan fingerprint density at radius 1 is 1.14 bits per heavy atom. The highest BCUT2D eigenvalue weighted by molar-refractivity contribution is 6.07. The third-order valence-corrected chi connectivity index (χ3v) is 4.89. The van der Waals surface area contributed by atoms with E-state index < -0.39 is 0 Å². The SMILES string of the molecule is CCOc1ccccc1Nc1ccc(C(=O)N2c3ccccc3CC2C)cn1. The van der Waals surface area contributed by atoms with Gasteiger partial charge in [0.05, 0.1) is 17.9 Å². The van der Waals surface area contributed by atoms with Gasteiger partial charge < -0.3 is 15.0 Å². The molecule has 0 radical (unpaired) electrons. The van der Waals surface area contributed by atoms with Gasteiger partial charge in [-0.15, -0.1) is 0 Å². The predicted octanol–water partition coefficient (Wildman–Crippen LogP) is 4.82. The molecule has 142 valence electrons. The Labute approximate surface area is 165 Å². The molecule has 0 spiro atoms. The van der Waals surface area contributed by atoms with Gasteiger partial charge in [-0.05, 0) is 56.2 Å². The van der Waals surface area contributed by atoms with Crippen LogP contribution in [0.1, 0.15) is 29.8 Å². The lowest BCUT2D eigenvalue weighted by atomic mass is 10.1. The number of aromatic nitrogens is 1. The van der Waals surface area contributed by atoms with Crippen LogP contribution in [0.4, 0.5) is 17.2 Å². The average molecular weight is 373 g/mol. The standard InChI is InChI=1S/C23H23N3O2/c1-3-28-21-11-7-5-9-19(21)25-22-13-12-18(15-24-22)23(27)26-16(2)14-17-8-4-6-10-20(17)26/h4-13,15-16H,3,14H2,1-2H3,(H,24,25). The summed E-state index contributed by atoms with van der Waals surface area (Å²) in [4.78, 5) is 19.4. The van der Waals surface area contributed by atoms with Gasteiger partial charge in [-0.2, -0.15) is 0 Å². The zero-order chi connectivity index (χ0) is 19.5. The molecule has 0 aliphatic carbocycles. The average Bonchev–Trinajstić information content (AvgIpc) is 3.05. The minimum Gasteiger partial charge on any atom is -0.492 e. The third kappa shape index (κ3) is 3.43. The van der Waals surface area contributed by atoms with Gasteiger partial charge in [-0.25, -0.2) is 4.98 Å². The molecule has 5 heteroatoms. The van der Waals surface area contributed by atoms with E-state index in [0.717, 1.165) is 23.5 Å². The van der Waals surface area contributed by atoms with E-state index in [0.29, 0.717) is 18.0 Å². The molecule has 4 rings (SSSR count). The van der Waals surface area contributed by atoms with E-state index >= 15 is 0 Å². The highest BCUT2D eigenvalue weighted by atomic mass is 16.5. The second-order valence-electron chi connectivity index (χ2n) is 6.84. The van der Waals surface area contributed by atoms with E-state index in [2.05, 4.69) is 23.3 Å². The van der Waals surface area contributed by atoms with Gasteiger partial charge in [-0.1, -0.05) is 30.3 Å². The smallest absolute Gasteiger partial charge is 0.260 e. The van der Waals surface area contributed by atoms with Crippen molar-refractivity contribution in [2.75, 3.05) is 16.8 Å². The Balaban J connectivity index is 1.53. The van der Waals surface area contributed by atoms with Crippen molar-refractivity contribution < 1.29 is 9.53 Å². The Bertz CT molecular complexity index is 985. The molecule has 0 bridgehead atoms. The van der Waals surface area contributed by atoms with Crippen molar-refractivity contribution in [3.63, 3.8) is 0 Å². The van der Waals surface area contributed by atoms with Crippen molar-refractivity contribution in [2.24, 2.45) is 0 Å². The van der Waals surface area contributed by atoms with E-state index in [1.54, 1.807) is 6.20 Å². The summed E-state index contributed by atoms with van der Waals surface area (Å²) in [6, 6.07) is 19.6. The molecule has 28 heavy (non-hydrogen) atoms. The fourth-order valence-corrected chi connectivity index (χ4v) is 3.60. The van der Waals surface area contributed by atoms with E-state index in [4.69, 9.17) is 4.74 Å². The van der Waals surface area contributed by atoms with Crippen LogP contribution in [-0.2, 0) is 6.42 Å². The first kappa shape index (κ1) is 18.0. The number of hydrogen-bond acceptors (Lipinski definition) is 4. The summed E-state index contributed by atoms with van der Waals surface area (Å²) >= 11 is 0. The second kappa shape index (κ2) is 7.72. The minimum absolute atomic E-state index is 0.0220. The number of fused-ring (bicyclic) bond motifs is 1. The van der Waals surface area contributed by atoms with Crippen LogP contribution in [0.25, 0.3) is 0 Å². The van der Waals surface area contributed by atoms with Gasteiger partial charge in [-0.3, -0.25) is 4.79 Å². The van der Waals surface area contributed by atoms with Gasteiger partial charge >= 0.3 is 0 Å². The molecule has 2 aromatic carbocycles. The minimum atomic E-state index is -0.0220. The number of carbonyl (C=O) groups excluding carboxylic acids is 1. The van der Waals surface area contributed by atoms with E-state index in [1.807, 2.05) is 66.4 Å². The first-order valence-electron chi connectivity index (χ1n) is 9.53. The third-order valence-electron chi connectivity index (χ3n) is 4.89. The van der Waals surface area contributed by atoms with Crippen molar-refractivity contribution in [3.8, 4) is 5.75 Å². The van der Waals surface area contributed by atoms with Crippen LogP contribution in [0.3, 0.4) is 0 Å². The summed E-state index contributed by atoms with van der Waals surface area (Å²) in [5.74, 6) is 1.42. The van der Waals surface area contributed by atoms with Crippen LogP contribution < -0.4 is 15.0 Å². The van der Waals surface area contributed by atoms with Crippen LogP contribution in [-0.4, -0.2) is 23.5 Å². The Morgan fingerprint density at radius 3 is 2.71 bits per heavy atom. The van der Waals surface area contributed by atoms with E-state index in [1.165, 1.54) is 5.56 Å². The zero-order valence-electron chi connectivity index (χ0n) is 16.1. The monoisotopic (exact) mass is 373 g/mol. The summed E-state index contributed by atoms with van der Waals surface area (Å²) in [7, 11) is 0. The molecule has 1 unspecified atom stereocenters. The van der Waals surface area contributed by atoms with Crippen LogP contribution in [0.15, 0.2) is 66.9 Å². The lowest BCUT2D eigenvalue weighted by molar-refractivity contribution is 0.0981. The topological polar surface area (TPSA) is 54.5 Å². The fraction of sp³-hybridized carbons (Fsp3) is 0.217. The first-order valence-corrected chi connectivity index (χ1v) is 9.53. The summed E-state index contributed by atoms with van der Waals surface area (Å²) in [6.07, 6.45) is 2.50. The molecule has 1 amide bonds. The molecular formula is C23H23N3O2. The normalized spacial score (nSPS) is 15.2. The molecule has 1 atom stereocenters. The highest BCUT2D eigenvalue weighted by Gasteiger charge is 2.31. The molecule has 3 aromatic rings. The lowest BCUT2D eigenvalue weighted by Gasteiger charge is -2.22. The Morgan fingerprint density at radius 2 is 1.93 bits per heavy atom. The Hall–Kier alpha value is -3.34. The highest BCUT2D eigenvalue weighted by Crippen LogP contribution is 2.33. The van der Waals surface area contributed by atoms with Crippen LogP contribution in [0.2, 0.25) is 0 Å². The van der Waals surface area contributed by atoms with Crippen molar-refractivity contribution in [1.29, 1.82) is 0 Å². The van der Waals surface area contributed by atoms with Crippen LogP contribution in [0, 0.1) is 0 Å². The Kier molecular flexibility index (Phi) is 4.98. The molecule has 5 nitrogen and oxygen atoms in total. The second-order valence-corrected chi connectivity index (χ2v) is 6.84. The van der Waals surface area contributed by atoms with Crippen LogP contribution in [0.5, 0.6) is 5.75 Å². The number of nitrogens with one attached hydrogen (secondary N) is 1. The molecule has 1 aliphatic rings. The maximum absolute atomic E-state index is 13.1. The van der Waals surface area contributed by atoms with E-state index in [9.17, 15) is 4.79 Å². The van der Waals surface area contributed by atoms with Gasteiger partial charge in [0.15, 0.2) is 0 Å². The number of hydrogen-bond donors (Lipinski definition) is 1. The number of amides is 1.